The third-order valence-corrected chi connectivity index (χ3v) is 5.46. The Hall–Kier alpha value is -3.77. The summed E-state index contributed by atoms with van der Waals surface area (Å²) in [6.07, 6.45) is 0.743. The topological polar surface area (TPSA) is 127 Å². The fourth-order valence-corrected chi connectivity index (χ4v) is 3.86. The zero-order valence-corrected chi connectivity index (χ0v) is 17.7. The van der Waals surface area contributed by atoms with Crippen molar-refractivity contribution in [3.8, 4) is 10.6 Å². The number of anilines is 1. The standard InChI is InChI=1S/C19H15N7O3S2/c1-2-15-22-23-19-25(15)24-17(31-19)11-6-8-13(9-7-11)20-18(30)21-16(27)12-4-3-5-14(10-12)26(28)29/h3-10H,2H2,1H3,(H2,20,21,27,30). The smallest absolute Gasteiger partial charge is 0.270 e. The first kappa shape index (κ1) is 20.5. The zero-order valence-electron chi connectivity index (χ0n) is 16.1. The predicted molar refractivity (Wildman–Crippen MR) is 120 cm³/mol. The van der Waals surface area contributed by atoms with E-state index >= 15 is 0 Å². The molecule has 156 valence electrons. The lowest BCUT2D eigenvalue weighted by Crippen LogP contribution is -2.34. The van der Waals surface area contributed by atoms with E-state index in [9.17, 15) is 14.9 Å². The number of nitrogens with zero attached hydrogens (tertiary/aromatic N) is 5. The minimum absolute atomic E-state index is 0.0793. The molecule has 0 saturated carbocycles. The van der Waals surface area contributed by atoms with Crippen molar-refractivity contribution in [2.24, 2.45) is 0 Å². The highest BCUT2D eigenvalue weighted by Gasteiger charge is 2.14. The number of amides is 1. The Bertz CT molecular complexity index is 1300. The maximum absolute atomic E-state index is 12.3. The van der Waals surface area contributed by atoms with Gasteiger partial charge in [0.1, 0.15) is 5.01 Å². The number of hydrogen-bond acceptors (Lipinski definition) is 8. The van der Waals surface area contributed by atoms with Gasteiger partial charge in [-0.3, -0.25) is 20.2 Å². The number of benzene rings is 2. The molecule has 4 aromatic rings. The average molecular weight is 454 g/mol. The van der Waals surface area contributed by atoms with Crippen LogP contribution in [0.1, 0.15) is 23.1 Å². The fraction of sp³-hybridized carbons (Fsp3) is 0.105. The maximum atomic E-state index is 12.3. The van der Waals surface area contributed by atoms with Crippen molar-refractivity contribution in [2.75, 3.05) is 5.32 Å². The fourth-order valence-electron chi connectivity index (χ4n) is 2.79. The number of nitrogens with one attached hydrogen (secondary N) is 2. The lowest BCUT2D eigenvalue weighted by atomic mass is 10.2. The van der Waals surface area contributed by atoms with Gasteiger partial charge in [0.2, 0.25) is 4.96 Å². The molecule has 2 aromatic carbocycles. The Morgan fingerprint density at radius 2 is 2.00 bits per heavy atom. The molecule has 2 heterocycles. The molecule has 0 spiro atoms. The largest absolute Gasteiger partial charge is 0.332 e. The van der Waals surface area contributed by atoms with E-state index in [4.69, 9.17) is 12.2 Å². The van der Waals surface area contributed by atoms with Gasteiger partial charge in [0.05, 0.1) is 4.92 Å². The first-order chi connectivity index (χ1) is 14.9. The van der Waals surface area contributed by atoms with Gasteiger partial charge in [0, 0.05) is 35.4 Å². The number of nitro groups is 1. The van der Waals surface area contributed by atoms with Gasteiger partial charge in [0.25, 0.3) is 11.6 Å². The number of carbonyl (C=O) groups is 1. The van der Waals surface area contributed by atoms with Crippen LogP contribution in [0.3, 0.4) is 0 Å². The van der Waals surface area contributed by atoms with Gasteiger partial charge in [-0.15, -0.1) is 10.2 Å². The summed E-state index contributed by atoms with van der Waals surface area (Å²) in [5.41, 5.74) is 1.56. The molecular formula is C19H15N7O3S2. The van der Waals surface area contributed by atoms with Gasteiger partial charge >= 0.3 is 0 Å². The Morgan fingerprint density at radius 1 is 1.23 bits per heavy atom. The Kier molecular flexibility index (Phi) is 5.64. The van der Waals surface area contributed by atoms with Gasteiger partial charge < -0.3 is 5.32 Å². The molecule has 31 heavy (non-hydrogen) atoms. The summed E-state index contributed by atoms with van der Waals surface area (Å²) in [4.78, 5) is 23.3. The first-order valence-corrected chi connectivity index (χ1v) is 10.4. The third kappa shape index (κ3) is 4.39. The summed E-state index contributed by atoms with van der Waals surface area (Å²) in [5.74, 6) is 0.268. The van der Waals surface area contributed by atoms with Crippen molar-refractivity contribution in [1.82, 2.24) is 25.1 Å². The van der Waals surface area contributed by atoms with E-state index in [1.165, 1.54) is 35.6 Å². The van der Waals surface area contributed by atoms with Crippen LogP contribution in [-0.2, 0) is 6.42 Å². The Labute approximate surface area is 185 Å². The minimum Gasteiger partial charge on any atom is -0.332 e. The summed E-state index contributed by atoms with van der Waals surface area (Å²) < 4.78 is 1.74. The van der Waals surface area contributed by atoms with Crippen molar-refractivity contribution in [3.63, 3.8) is 0 Å². The number of fused-ring (bicyclic) bond motifs is 1. The number of thiocarbonyl (C=S) groups is 1. The summed E-state index contributed by atoms with van der Waals surface area (Å²) in [6.45, 7) is 2.00. The lowest BCUT2D eigenvalue weighted by molar-refractivity contribution is -0.384. The van der Waals surface area contributed by atoms with Gasteiger partial charge in [-0.2, -0.15) is 9.61 Å². The molecule has 0 aliphatic carbocycles. The molecule has 0 atom stereocenters. The summed E-state index contributed by atoms with van der Waals surface area (Å²) in [7, 11) is 0. The molecule has 2 aromatic heterocycles. The Morgan fingerprint density at radius 3 is 2.71 bits per heavy atom. The van der Waals surface area contributed by atoms with Crippen molar-refractivity contribution in [2.45, 2.75) is 13.3 Å². The van der Waals surface area contributed by atoms with Gasteiger partial charge in [0.15, 0.2) is 10.9 Å². The molecule has 0 bridgehead atoms. The number of non-ortho nitro benzene ring substituents is 1. The van der Waals surface area contributed by atoms with Crippen molar-refractivity contribution in [3.05, 3.63) is 70.0 Å². The highest BCUT2D eigenvalue weighted by atomic mass is 32.1. The van der Waals surface area contributed by atoms with Crippen LogP contribution in [-0.4, -0.2) is 35.8 Å². The van der Waals surface area contributed by atoms with Gasteiger partial charge in [-0.25, -0.2) is 0 Å². The highest BCUT2D eigenvalue weighted by molar-refractivity contribution is 7.80. The molecule has 0 unspecified atom stereocenters. The summed E-state index contributed by atoms with van der Waals surface area (Å²) in [5, 5.41) is 29.9. The average Bonchev–Trinajstić information content (AvgIpc) is 3.35. The van der Waals surface area contributed by atoms with Crippen molar-refractivity contribution in [1.29, 1.82) is 0 Å². The van der Waals surface area contributed by atoms with Crippen LogP contribution in [0.5, 0.6) is 0 Å². The molecular weight excluding hydrogens is 438 g/mol. The number of hydrogen-bond donors (Lipinski definition) is 2. The van der Waals surface area contributed by atoms with Crippen LogP contribution in [0, 0.1) is 10.1 Å². The minimum atomic E-state index is -0.561. The summed E-state index contributed by atoms with van der Waals surface area (Å²) in [6, 6.07) is 12.8. The summed E-state index contributed by atoms with van der Waals surface area (Å²) >= 11 is 6.62. The number of nitro benzene ring substituents is 1. The second-order valence-electron chi connectivity index (χ2n) is 6.36. The van der Waals surface area contributed by atoms with Crippen molar-refractivity contribution >= 4 is 50.9 Å². The van der Waals surface area contributed by atoms with Crippen LogP contribution in [0.4, 0.5) is 11.4 Å². The molecule has 0 radical (unpaired) electrons. The maximum Gasteiger partial charge on any atom is 0.270 e. The van der Waals surface area contributed by atoms with Gasteiger partial charge in [-0.1, -0.05) is 24.3 Å². The van der Waals surface area contributed by atoms with E-state index in [-0.39, 0.29) is 16.4 Å². The second-order valence-corrected chi connectivity index (χ2v) is 7.73. The van der Waals surface area contributed by atoms with E-state index in [1.54, 1.807) is 4.52 Å². The predicted octanol–water partition coefficient (Wildman–Crippen LogP) is 3.45. The molecule has 10 nitrogen and oxygen atoms in total. The quantitative estimate of drug-likeness (QED) is 0.267. The second kappa shape index (κ2) is 8.53. The van der Waals surface area contributed by atoms with E-state index in [0.717, 1.165) is 27.8 Å². The SMILES string of the molecule is CCc1nnc2sc(-c3ccc(NC(=S)NC(=O)c4cccc([N+](=O)[O-])c4)cc3)nn12. The van der Waals surface area contributed by atoms with Crippen LogP contribution in [0.25, 0.3) is 15.5 Å². The molecule has 0 aliphatic rings. The monoisotopic (exact) mass is 453 g/mol. The molecule has 1 amide bonds. The third-order valence-electron chi connectivity index (χ3n) is 4.31. The van der Waals surface area contributed by atoms with E-state index in [0.29, 0.717) is 5.69 Å². The first-order valence-electron chi connectivity index (χ1n) is 9.13. The van der Waals surface area contributed by atoms with E-state index in [1.807, 2.05) is 31.2 Å². The molecule has 12 heteroatoms. The Balaban J connectivity index is 1.41. The molecule has 2 N–H and O–H groups in total. The lowest BCUT2D eigenvalue weighted by Gasteiger charge is -2.10. The highest BCUT2D eigenvalue weighted by Crippen LogP contribution is 2.26. The van der Waals surface area contributed by atoms with Crippen LogP contribution in [0.2, 0.25) is 0 Å². The molecule has 4 rings (SSSR count). The number of aryl methyl sites for hydroxylation is 1. The van der Waals surface area contributed by atoms with E-state index in [2.05, 4.69) is 25.9 Å². The normalized spacial score (nSPS) is 10.7. The number of rotatable bonds is 5. The van der Waals surface area contributed by atoms with E-state index < -0.39 is 10.8 Å². The molecule has 0 aliphatic heterocycles. The number of aromatic nitrogens is 4. The van der Waals surface area contributed by atoms with Crippen LogP contribution < -0.4 is 10.6 Å². The van der Waals surface area contributed by atoms with Gasteiger partial charge in [-0.05, 0) is 42.5 Å². The molecule has 0 saturated heterocycles. The molecule has 0 fully saturated rings. The van der Waals surface area contributed by atoms with Crippen LogP contribution >= 0.6 is 23.6 Å². The van der Waals surface area contributed by atoms with Crippen LogP contribution in [0.15, 0.2) is 48.5 Å². The number of carbonyl (C=O) groups excluding carboxylic acids is 1. The van der Waals surface area contributed by atoms with Crippen molar-refractivity contribution < 1.29 is 9.72 Å². The zero-order chi connectivity index (χ0) is 22.0.